The van der Waals surface area contributed by atoms with Gasteiger partial charge in [-0.05, 0) is 39.3 Å². The van der Waals surface area contributed by atoms with Gasteiger partial charge in [0.1, 0.15) is 6.04 Å². The van der Waals surface area contributed by atoms with E-state index in [9.17, 15) is 9.90 Å². The van der Waals surface area contributed by atoms with Crippen molar-refractivity contribution in [2.45, 2.75) is 51.2 Å². The standard InChI is InChI=1S/C14H27N3O2/c1-3-6-15-13(14(18)19)10-17-9-12-5-4-7-16(12)8-11(17)2/h11-13,15H,3-10H2,1-2H3,(H,18,19). The Morgan fingerprint density at radius 1 is 1.47 bits per heavy atom. The van der Waals surface area contributed by atoms with Crippen LogP contribution in [0.25, 0.3) is 0 Å². The van der Waals surface area contributed by atoms with E-state index >= 15 is 0 Å². The van der Waals surface area contributed by atoms with Gasteiger partial charge in [0, 0.05) is 31.7 Å². The fourth-order valence-corrected chi connectivity index (χ4v) is 3.29. The first kappa shape index (κ1) is 14.8. The first-order chi connectivity index (χ1) is 9.11. The molecule has 110 valence electrons. The van der Waals surface area contributed by atoms with Crippen molar-refractivity contribution >= 4 is 5.97 Å². The van der Waals surface area contributed by atoms with E-state index in [1.165, 1.54) is 19.4 Å². The van der Waals surface area contributed by atoms with Gasteiger partial charge in [0.05, 0.1) is 0 Å². The average Bonchev–Trinajstić information content (AvgIpc) is 2.81. The number of hydrogen-bond acceptors (Lipinski definition) is 4. The molecule has 2 N–H and O–H groups in total. The molecule has 3 unspecified atom stereocenters. The van der Waals surface area contributed by atoms with Crippen LogP contribution in [0.4, 0.5) is 0 Å². The lowest BCUT2D eigenvalue weighted by Gasteiger charge is -2.43. The molecule has 2 saturated heterocycles. The largest absolute Gasteiger partial charge is 0.480 e. The van der Waals surface area contributed by atoms with E-state index in [0.29, 0.717) is 18.6 Å². The molecule has 0 aliphatic carbocycles. The number of fused-ring (bicyclic) bond motifs is 1. The molecule has 0 aromatic carbocycles. The smallest absolute Gasteiger partial charge is 0.322 e. The molecule has 2 aliphatic rings. The SMILES string of the molecule is CCCNC(CN1CC2CCCN2CC1C)C(=O)O. The van der Waals surface area contributed by atoms with Crippen molar-refractivity contribution in [2.24, 2.45) is 0 Å². The Balaban J connectivity index is 1.90. The quantitative estimate of drug-likeness (QED) is 0.740. The van der Waals surface area contributed by atoms with Crippen LogP contribution in [-0.4, -0.2) is 71.7 Å². The molecule has 0 radical (unpaired) electrons. The number of rotatable bonds is 6. The van der Waals surface area contributed by atoms with Crippen LogP contribution in [0.1, 0.15) is 33.1 Å². The zero-order valence-electron chi connectivity index (χ0n) is 12.1. The molecule has 19 heavy (non-hydrogen) atoms. The fourth-order valence-electron chi connectivity index (χ4n) is 3.29. The van der Waals surface area contributed by atoms with Crippen molar-refractivity contribution in [3.05, 3.63) is 0 Å². The summed E-state index contributed by atoms with van der Waals surface area (Å²) in [7, 11) is 0. The minimum atomic E-state index is -0.727. The number of nitrogens with zero attached hydrogens (tertiary/aromatic N) is 2. The van der Waals surface area contributed by atoms with Gasteiger partial charge in [-0.3, -0.25) is 14.6 Å². The highest BCUT2D eigenvalue weighted by atomic mass is 16.4. The number of piperazine rings is 1. The van der Waals surface area contributed by atoms with E-state index in [0.717, 1.165) is 26.1 Å². The molecule has 3 atom stereocenters. The van der Waals surface area contributed by atoms with Gasteiger partial charge in [0.15, 0.2) is 0 Å². The van der Waals surface area contributed by atoms with Crippen LogP contribution >= 0.6 is 0 Å². The summed E-state index contributed by atoms with van der Waals surface area (Å²) in [5.41, 5.74) is 0. The Kier molecular flexibility index (Phi) is 5.19. The van der Waals surface area contributed by atoms with Crippen molar-refractivity contribution in [1.82, 2.24) is 15.1 Å². The highest BCUT2D eigenvalue weighted by Crippen LogP contribution is 2.24. The first-order valence-electron chi connectivity index (χ1n) is 7.56. The van der Waals surface area contributed by atoms with E-state index in [1.807, 2.05) is 0 Å². The predicted octanol–water partition coefficient (Wildman–Crippen LogP) is 0.608. The maximum atomic E-state index is 11.3. The molecule has 0 amide bonds. The van der Waals surface area contributed by atoms with Gasteiger partial charge in [-0.2, -0.15) is 0 Å². The van der Waals surface area contributed by atoms with Gasteiger partial charge in [0.2, 0.25) is 0 Å². The van der Waals surface area contributed by atoms with Crippen LogP contribution in [-0.2, 0) is 4.79 Å². The van der Waals surface area contributed by atoms with Crippen molar-refractivity contribution < 1.29 is 9.90 Å². The van der Waals surface area contributed by atoms with Crippen LogP contribution in [0.2, 0.25) is 0 Å². The van der Waals surface area contributed by atoms with Crippen LogP contribution in [0.5, 0.6) is 0 Å². The molecule has 0 bridgehead atoms. The monoisotopic (exact) mass is 269 g/mol. The van der Waals surface area contributed by atoms with Gasteiger partial charge < -0.3 is 10.4 Å². The van der Waals surface area contributed by atoms with E-state index in [2.05, 4.69) is 29.0 Å². The summed E-state index contributed by atoms with van der Waals surface area (Å²) in [5, 5.41) is 12.4. The summed E-state index contributed by atoms with van der Waals surface area (Å²) < 4.78 is 0. The maximum Gasteiger partial charge on any atom is 0.322 e. The van der Waals surface area contributed by atoms with E-state index < -0.39 is 12.0 Å². The number of carbonyl (C=O) groups is 1. The molecule has 2 heterocycles. The van der Waals surface area contributed by atoms with Gasteiger partial charge in [0.25, 0.3) is 0 Å². The molecule has 0 aromatic heterocycles. The summed E-state index contributed by atoms with van der Waals surface area (Å²) in [5.74, 6) is -0.727. The van der Waals surface area contributed by atoms with Gasteiger partial charge in [-0.25, -0.2) is 0 Å². The molecule has 0 spiro atoms. The van der Waals surface area contributed by atoms with E-state index in [4.69, 9.17) is 0 Å². The molecular formula is C14H27N3O2. The lowest BCUT2D eigenvalue weighted by atomic mass is 10.1. The zero-order valence-corrected chi connectivity index (χ0v) is 12.1. The lowest BCUT2D eigenvalue weighted by Crippen LogP contribution is -2.58. The molecule has 2 rings (SSSR count). The van der Waals surface area contributed by atoms with Crippen LogP contribution in [0.15, 0.2) is 0 Å². The Hall–Kier alpha value is -0.650. The van der Waals surface area contributed by atoms with Gasteiger partial charge in [-0.15, -0.1) is 0 Å². The van der Waals surface area contributed by atoms with Gasteiger partial charge >= 0.3 is 5.97 Å². The van der Waals surface area contributed by atoms with Crippen molar-refractivity contribution in [1.29, 1.82) is 0 Å². The normalized spacial score (nSPS) is 30.2. The average molecular weight is 269 g/mol. The third-order valence-electron chi connectivity index (χ3n) is 4.42. The molecule has 2 aliphatic heterocycles. The molecule has 0 aromatic rings. The van der Waals surface area contributed by atoms with Crippen LogP contribution in [0.3, 0.4) is 0 Å². The second kappa shape index (κ2) is 6.68. The highest BCUT2D eigenvalue weighted by molar-refractivity contribution is 5.73. The van der Waals surface area contributed by atoms with Crippen molar-refractivity contribution in [3.8, 4) is 0 Å². The Morgan fingerprint density at radius 3 is 2.95 bits per heavy atom. The number of aliphatic carboxylic acids is 1. The van der Waals surface area contributed by atoms with Crippen molar-refractivity contribution in [2.75, 3.05) is 32.7 Å². The second-order valence-electron chi connectivity index (χ2n) is 5.94. The molecule has 2 fully saturated rings. The number of carboxylic acids is 1. The maximum absolute atomic E-state index is 11.3. The highest BCUT2D eigenvalue weighted by Gasteiger charge is 2.35. The minimum absolute atomic E-state index is 0.435. The topological polar surface area (TPSA) is 55.8 Å². The zero-order chi connectivity index (χ0) is 13.8. The summed E-state index contributed by atoms with van der Waals surface area (Å²) in [6, 6.07) is 0.673. The Labute approximate surface area is 115 Å². The minimum Gasteiger partial charge on any atom is -0.480 e. The third-order valence-corrected chi connectivity index (χ3v) is 4.42. The van der Waals surface area contributed by atoms with Crippen LogP contribution in [0, 0.1) is 0 Å². The Morgan fingerprint density at radius 2 is 2.26 bits per heavy atom. The molecule has 5 heteroatoms. The van der Waals surface area contributed by atoms with Crippen molar-refractivity contribution in [3.63, 3.8) is 0 Å². The molecule has 5 nitrogen and oxygen atoms in total. The summed E-state index contributed by atoms with van der Waals surface area (Å²) >= 11 is 0. The third kappa shape index (κ3) is 3.68. The fraction of sp³-hybridized carbons (Fsp3) is 0.929. The van der Waals surface area contributed by atoms with Gasteiger partial charge in [-0.1, -0.05) is 6.92 Å². The molecule has 0 saturated carbocycles. The number of carboxylic acid groups (broad SMARTS) is 1. The predicted molar refractivity (Wildman–Crippen MR) is 75.3 cm³/mol. The van der Waals surface area contributed by atoms with E-state index in [1.54, 1.807) is 0 Å². The summed E-state index contributed by atoms with van der Waals surface area (Å²) in [4.78, 5) is 16.2. The Bertz CT molecular complexity index is 311. The van der Waals surface area contributed by atoms with E-state index in [-0.39, 0.29) is 0 Å². The first-order valence-corrected chi connectivity index (χ1v) is 7.56. The second-order valence-corrected chi connectivity index (χ2v) is 5.94. The molecular weight excluding hydrogens is 242 g/mol. The summed E-state index contributed by atoms with van der Waals surface area (Å²) in [6.45, 7) is 9.01. The number of nitrogens with one attached hydrogen (secondary N) is 1. The van der Waals surface area contributed by atoms with Crippen LogP contribution < -0.4 is 5.32 Å². The number of hydrogen-bond donors (Lipinski definition) is 2. The summed E-state index contributed by atoms with van der Waals surface area (Å²) in [6.07, 6.45) is 3.53. The lowest BCUT2D eigenvalue weighted by molar-refractivity contribution is -0.140.